The number of ether oxygens (including phenoxy) is 1. The van der Waals surface area contributed by atoms with Crippen LogP contribution >= 0.6 is 0 Å². The molecule has 8 nitrogen and oxygen atoms in total. The van der Waals surface area contributed by atoms with Crippen LogP contribution < -0.4 is 15.7 Å². The predicted octanol–water partition coefficient (Wildman–Crippen LogP) is 3.55. The second kappa shape index (κ2) is 7.28. The molecule has 27 heavy (non-hydrogen) atoms. The molecule has 1 heterocycles. The van der Waals surface area contributed by atoms with Gasteiger partial charge in [-0.3, -0.25) is 14.9 Å². The summed E-state index contributed by atoms with van der Waals surface area (Å²) in [6.45, 7) is 3.12. The molecule has 0 spiro atoms. The van der Waals surface area contributed by atoms with E-state index >= 15 is 0 Å². The Kier molecular flexibility index (Phi) is 4.89. The van der Waals surface area contributed by atoms with E-state index in [1.807, 2.05) is 0 Å². The molecule has 0 aliphatic rings. The van der Waals surface area contributed by atoms with Crippen LogP contribution in [-0.4, -0.2) is 10.8 Å². The van der Waals surface area contributed by atoms with Gasteiger partial charge in [0.05, 0.1) is 4.92 Å². The van der Waals surface area contributed by atoms with Crippen molar-refractivity contribution in [1.82, 2.24) is 0 Å². The van der Waals surface area contributed by atoms with Crippen LogP contribution in [-0.2, 0) is 11.4 Å². The molecule has 3 aromatic rings. The molecule has 3 rings (SSSR count). The predicted molar refractivity (Wildman–Crippen MR) is 99.0 cm³/mol. The highest BCUT2D eigenvalue weighted by molar-refractivity contribution is 5.92. The standard InChI is InChI=1S/C19H16N2O6/c1-11-3-6-16(21(24)25)18(7-11)26-10-13-8-19(23)27-17-9-14(20-12(2)22)4-5-15(13)17/h3-9H,10H2,1-2H3,(H,20,22). The summed E-state index contributed by atoms with van der Waals surface area (Å²) < 4.78 is 10.8. The summed E-state index contributed by atoms with van der Waals surface area (Å²) in [6.07, 6.45) is 0. The van der Waals surface area contributed by atoms with E-state index < -0.39 is 10.5 Å². The first-order chi connectivity index (χ1) is 12.8. The lowest BCUT2D eigenvalue weighted by atomic mass is 10.1. The summed E-state index contributed by atoms with van der Waals surface area (Å²) in [5, 5.41) is 14.4. The van der Waals surface area contributed by atoms with E-state index in [2.05, 4.69) is 5.32 Å². The molecule has 0 atom stereocenters. The van der Waals surface area contributed by atoms with Crippen molar-refractivity contribution in [2.45, 2.75) is 20.5 Å². The fourth-order valence-corrected chi connectivity index (χ4v) is 2.67. The topological polar surface area (TPSA) is 112 Å². The van der Waals surface area contributed by atoms with Crippen LogP contribution in [0.4, 0.5) is 11.4 Å². The number of carbonyl (C=O) groups excluding carboxylic acids is 1. The number of anilines is 1. The third kappa shape index (κ3) is 4.12. The Morgan fingerprint density at radius 3 is 2.70 bits per heavy atom. The van der Waals surface area contributed by atoms with Crippen molar-refractivity contribution < 1.29 is 18.9 Å². The zero-order valence-electron chi connectivity index (χ0n) is 14.6. The minimum atomic E-state index is -0.584. The molecule has 0 saturated heterocycles. The fourth-order valence-electron chi connectivity index (χ4n) is 2.67. The first-order valence-electron chi connectivity index (χ1n) is 8.06. The van der Waals surface area contributed by atoms with Crippen molar-refractivity contribution in [2.75, 3.05) is 5.32 Å². The van der Waals surface area contributed by atoms with Crippen molar-refractivity contribution in [3.05, 3.63) is 74.1 Å². The van der Waals surface area contributed by atoms with Crippen LogP contribution in [0.3, 0.4) is 0 Å². The molecule has 1 amide bonds. The number of benzene rings is 2. The summed E-state index contributed by atoms with van der Waals surface area (Å²) >= 11 is 0. The van der Waals surface area contributed by atoms with Crippen molar-refractivity contribution in [3.63, 3.8) is 0 Å². The van der Waals surface area contributed by atoms with Crippen LogP contribution in [0.1, 0.15) is 18.1 Å². The SMILES string of the molecule is CC(=O)Nc1ccc2c(COc3cc(C)ccc3[N+](=O)[O-])cc(=O)oc2c1. The molecular formula is C19H16N2O6. The van der Waals surface area contributed by atoms with Crippen LogP contribution in [0, 0.1) is 17.0 Å². The van der Waals surface area contributed by atoms with Crippen LogP contribution in [0.15, 0.2) is 51.7 Å². The average Bonchev–Trinajstić information content (AvgIpc) is 2.58. The highest BCUT2D eigenvalue weighted by atomic mass is 16.6. The van der Waals surface area contributed by atoms with Gasteiger partial charge in [-0.15, -0.1) is 0 Å². The Hall–Kier alpha value is -3.68. The largest absolute Gasteiger partial charge is 0.482 e. The van der Waals surface area contributed by atoms with Crippen LogP contribution in [0.25, 0.3) is 11.0 Å². The molecule has 0 unspecified atom stereocenters. The van der Waals surface area contributed by atoms with Crippen molar-refractivity contribution in [2.24, 2.45) is 0 Å². The van der Waals surface area contributed by atoms with Gasteiger partial charge in [0.2, 0.25) is 5.91 Å². The number of hydrogen-bond donors (Lipinski definition) is 1. The number of rotatable bonds is 5. The first kappa shape index (κ1) is 18.1. The minimum Gasteiger partial charge on any atom is -0.482 e. The summed E-state index contributed by atoms with van der Waals surface area (Å²) in [5.74, 6) is -0.126. The lowest BCUT2D eigenvalue weighted by molar-refractivity contribution is -0.386. The number of nitro benzene ring substituents is 1. The van der Waals surface area contributed by atoms with Gasteiger partial charge in [-0.25, -0.2) is 4.79 Å². The van der Waals surface area contributed by atoms with Crippen molar-refractivity contribution in [3.8, 4) is 5.75 Å². The Morgan fingerprint density at radius 1 is 1.22 bits per heavy atom. The number of nitrogens with zero attached hydrogens (tertiary/aromatic N) is 1. The van der Waals surface area contributed by atoms with E-state index in [1.54, 1.807) is 31.2 Å². The summed E-state index contributed by atoms with van der Waals surface area (Å²) in [7, 11) is 0. The summed E-state index contributed by atoms with van der Waals surface area (Å²) in [5.41, 5.74) is 1.37. The van der Waals surface area contributed by atoms with Gasteiger partial charge in [0.25, 0.3) is 0 Å². The lowest BCUT2D eigenvalue weighted by Gasteiger charge is -2.10. The molecule has 0 aliphatic heterocycles. The Balaban J connectivity index is 1.96. The van der Waals surface area contributed by atoms with Crippen molar-refractivity contribution >= 4 is 28.3 Å². The second-order valence-corrected chi connectivity index (χ2v) is 6.00. The third-order valence-electron chi connectivity index (χ3n) is 3.85. The minimum absolute atomic E-state index is 0.0497. The highest BCUT2D eigenvalue weighted by Crippen LogP contribution is 2.29. The Bertz CT molecular complexity index is 1100. The van der Waals surface area contributed by atoms with Gasteiger partial charge in [0, 0.05) is 41.8 Å². The highest BCUT2D eigenvalue weighted by Gasteiger charge is 2.16. The van der Waals surface area contributed by atoms with Gasteiger partial charge in [-0.2, -0.15) is 0 Å². The van der Waals surface area contributed by atoms with Gasteiger partial charge >= 0.3 is 11.3 Å². The van der Waals surface area contributed by atoms with Crippen LogP contribution in [0.5, 0.6) is 5.75 Å². The third-order valence-corrected chi connectivity index (χ3v) is 3.85. The number of carbonyl (C=O) groups is 1. The number of amides is 1. The number of hydrogen-bond acceptors (Lipinski definition) is 6. The fraction of sp³-hybridized carbons (Fsp3) is 0.158. The second-order valence-electron chi connectivity index (χ2n) is 6.00. The number of nitrogens with one attached hydrogen (secondary N) is 1. The molecule has 8 heteroatoms. The van der Waals surface area contributed by atoms with E-state index in [-0.39, 0.29) is 29.5 Å². The molecule has 0 aliphatic carbocycles. The molecule has 1 aromatic heterocycles. The van der Waals surface area contributed by atoms with Crippen molar-refractivity contribution in [1.29, 1.82) is 0 Å². The average molecular weight is 368 g/mol. The van der Waals surface area contributed by atoms with Gasteiger partial charge in [-0.1, -0.05) is 6.07 Å². The number of aryl methyl sites for hydroxylation is 1. The first-order valence-corrected chi connectivity index (χ1v) is 8.06. The zero-order valence-corrected chi connectivity index (χ0v) is 14.6. The number of nitro groups is 1. The molecule has 138 valence electrons. The Labute approximate surface area is 153 Å². The maximum Gasteiger partial charge on any atom is 0.336 e. The van der Waals surface area contributed by atoms with Gasteiger partial charge in [-0.05, 0) is 30.7 Å². The smallest absolute Gasteiger partial charge is 0.336 e. The molecule has 0 bridgehead atoms. The van der Waals surface area contributed by atoms with E-state index in [4.69, 9.17) is 9.15 Å². The van der Waals surface area contributed by atoms with Gasteiger partial charge in [0.1, 0.15) is 12.2 Å². The zero-order chi connectivity index (χ0) is 19.6. The molecular weight excluding hydrogens is 352 g/mol. The van der Waals surface area contributed by atoms with E-state index in [1.165, 1.54) is 25.1 Å². The van der Waals surface area contributed by atoms with E-state index in [9.17, 15) is 19.7 Å². The molecule has 2 aromatic carbocycles. The van der Waals surface area contributed by atoms with E-state index in [0.29, 0.717) is 16.6 Å². The normalized spacial score (nSPS) is 10.6. The molecule has 1 N–H and O–H groups in total. The summed E-state index contributed by atoms with van der Waals surface area (Å²) in [6, 6.07) is 10.7. The lowest BCUT2D eigenvalue weighted by Crippen LogP contribution is -2.07. The maximum atomic E-state index is 11.9. The molecule has 0 saturated carbocycles. The van der Waals surface area contributed by atoms with Gasteiger partial charge in [0.15, 0.2) is 5.75 Å². The quantitative estimate of drug-likeness (QED) is 0.419. The van der Waals surface area contributed by atoms with Crippen LogP contribution in [0.2, 0.25) is 0 Å². The summed E-state index contributed by atoms with van der Waals surface area (Å²) in [4.78, 5) is 33.7. The van der Waals surface area contributed by atoms with Gasteiger partial charge < -0.3 is 14.5 Å². The molecule has 0 fully saturated rings. The Morgan fingerprint density at radius 2 is 2.00 bits per heavy atom. The number of fused-ring (bicyclic) bond motifs is 1. The molecule has 0 radical (unpaired) electrons. The monoisotopic (exact) mass is 368 g/mol. The maximum absolute atomic E-state index is 11.9. The van der Waals surface area contributed by atoms with E-state index in [0.717, 1.165) is 5.56 Å².